The van der Waals surface area contributed by atoms with E-state index < -0.39 is 16.4 Å². The van der Waals surface area contributed by atoms with Crippen molar-refractivity contribution in [1.29, 1.82) is 0 Å². The maximum Gasteiger partial charge on any atom is 0.310 e. The van der Waals surface area contributed by atoms with Crippen molar-refractivity contribution in [3.63, 3.8) is 0 Å². The van der Waals surface area contributed by atoms with Crippen molar-refractivity contribution in [2.75, 3.05) is 13.2 Å². The number of carbonyl (C=O) groups excluding carboxylic acids is 1. The van der Waals surface area contributed by atoms with Crippen LogP contribution in [0.25, 0.3) is 0 Å². The molecule has 0 aliphatic heterocycles. The third-order valence-electron chi connectivity index (χ3n) is 2.14. The van der Waals surface area contributed by atoms with Crippen LogP contribution in [0.4, 0.5) is 5.69 Å². The second kappa shape index (κ2) is 6.14. The number of rotatable bonds is 6. The Bertz CT molecular complexity index is 467. The molecule has 1 aromatic carbocycles. The maximum atomic E-state index is 11.4. The van der Waals surface area contributed by atoms with Crippen molar-refractivity contribution in [2.24, 2.45) is 0 Å². The van der Waals surface area contributed by atoms with Gasteiger partial charge in [-0.15, -0.1) is 0 Å². The molecule has 0 heterocycles. The van der Waals surface area contributed by atoms with Crippen molar-refractivity contribution in [3.8, 4) is 5.75 Å². The summed E-state index contributed by atoms with van der Waals surface area (Å²) in [4.78, 5) is 21.6. The van der Waals surface area contributed by atoms with Crippen molar-refractivity contribution < 1.29 is 19.6 Å². The number of nitrogens with zero attached hydrogens (tertiary/aromatic N) is 1. The first-order valence-corrected chi connectivity index (χ1v) is 5.65. The van der Waals surface area contributed by atoms with Crippen LogP contribution >= 0.6 is 0 Å². The van der Waals surface area contributed by atoms with E-state index >= 15 is 0 Å². The Labute approximate surface area is 110 Å². The highest BCUT2D eigenvalue weighted by Gasteiger charge is 2.16. The van der Waals surface area contributed by atoms with E-state index in [1.807, 2.05) is 0 Å². The van der Waals surface area contributed by atoms with Gasteiger partial charge in [-0.3, -0.25) is 14.9 Å². The molecule has 7 heteroatoms. The molecular formula is C12H16N2O5. The first kappa shape index (κ1) is 14.9. The van der Waals surface area contributed by atoms with Crippen LogP contribution in [0.15, 0.2) is 24.3 Å². The summed E-state index contributed by atoms with van der Waals surface area (Å²) in [6.07, 6.45) is 0. The average Bonchev–Trinajstić information content (AvgIpc) is 2.33. The molecule has 1 aromatic rings. The van der Waals surface area contributed by atoms with Gasteiger partial charge in [0.1, 0.15) is 0 Å². The van der Waals surface area contributed by atoms with Crippen LogP contribution in [0.1, 0.15) is 13.8 Å². The molecular weight excluding hydrogens is 252 g/mol. The molecule has 0 aliphatic carbocycles. The van der Waals surface area contributed by atoms with E-state index in [-0.39, 0.29) is 24.6 Å². The SMILES string of the molecule is CC(C)(O)CNC(=O)COc1ccccc1[N+](=O)[O-]. The molecule has 0 fully saturated rings. The third-order valence-corrected chi connectivity index (χ3v) is 2.14. The molecule has 0 bridgehead atoms. The van der Waals surface area contributed by atoms with Gasteiger partial charge in [0.2, 0.25) is 0 Å². The number of ether oxygens (including phenoxy) is 1. The number of aliphatic hydroxyl groups is 1. The lowest BCUT2D eigenvalue weighted by Crippen LogP contribution is -2.40. The molecule has 7 nitrogen and oxygen atoms in total. The summed E-state index contributed by atoms with van der Waals surface area (Å²) in [6, 6.07) is 5.81. The van der Waals surface area contributed by atoms with Crippen LogP contribution in [0, 0.1) is 10.1 Å². The second-order valence-corrected chi connectivity index (χ2v) is 4.60. The quantitative estimate of drug-likeness (QED) is 0.588. The number of nitro benzene ring substituents is 1. The van der Waals surface area contributed by atoms with Crippen LogP contribution in [-0.4, -0.2) is 34.7 Å². The highest BCUT2D eigenvalue weighted by Crippen LogP contribution is 2.25. The minimum absolute atomic E-state index is 0.0332. The van der Waals surface area contributed by atoms with Crippen LogP contribution in [0.2, 0.25) is 0 Å². The number of nitro groups is 1. The minimum Gasteiger partial charge on any atom is -0.477 e. The van der Waals surface area contributed by atoms with Gasteiger partial charge in [-0.1, -0.05) is 12.1 Å². The predicted molar refractivity (Wildman–Crippen MR) is 67.9 cm³/mol. The smallest absolute Gasteiger partial charge is 0.310 e. The van der Waals surface area contributed by atoms with Crippen LogP contribution in [-0.2, 0) is 4.79 Å². The lowest BCUT2D eigenvalue weighted by Gasteiger charge is -2.17. The van der Waals surface area contributed by atoms with Gasteiger partial charge in [-0.25, -0.2) is 0 Å². The van der Waals surface area contributed by atoms with E-state index in [0.717, 1.165) is 0 Å². The van der Waals surface area contributed by atoms with Crippen molar-refractivity contribution in [1.82, 2.24) is 5.32 Å². The summed E-state index contributed by atoms with van der Waals surface area (Å²) < 4.78 is 5.09. The fourth-order valence-corrected chi connectivity index (χ4v) is 1.24. The molecule has 2 N–H and O–H groups in total. The normalized spacial score (nSPS) is 10.9. The summed E-state index contributed by atoms with van der Waals surface area (Å²) in [5.74, 6) is -0.425. The standard InChI is InChI=1S/C12H16N2O5/c1-12(2,16)8-13-11(15)7-19-10-6-4-3-5-9(10)14(17)18/h3-6,16H,7-8H2,1-2H3,(H,13,15). The molecule has 0 atom stereocenters. The van der Waals surface area contributed by atoms with Crippen molar-refractivity contribution >= 4 is 11.6 Å². The van der Waals surface area contributed by atoms with Crippen LogP contribution in [0.3, 0.4) is 0 Å². The van der Waals surface area contributed by atoms with Gasteiger partial charge in [-0.2, -0.15) is 0 Å². The van der Waals surface area contributed by atoms with Crippen molar-refractivity contribution in [2.45, 2.75) is 19.4 Å². The zero-order valence-corrected chi connectivity index (χ0v) is 10.8. The van der Waals surface area contributed by atoms with Gasteiger partial charge in [0.25, 0.3) is 5.91 Å². The Morgan fingerprint density at radius 3 is 2.68 bits per heavy atom. The Morgan fingerprint density at radius 2 is 2.11 bits per heavy atom. The molecule has 0 aromatic heterocycles. The maximum absolute atomic E-state index is 11.4. The molecule has 0 spiro atoms. The molecule has 0 radical (unpaired) electrons. The van der Waals surface area contributed by atoms with E-state index in [2.05, 4.69) is 5.32 Å². The summed E-state index contributed by atoms with van der Waals surface area (Å²) in [5.41, 5.74) is -1.22. The Morgan fingerprint density at radius 1 is 1.47 bits per heavy atom. The summed E-state index contributed by atoms with van der Waals surface area (Å²) in [6.45, 7) is 2.83. The first-order valence-electron chi connectivity index (χ1n) is 5.65. The summed E-state index contributed by atoms with van der Waals surface area (Å²) in [7, 11) is 0. The lowest BCUT2D eigenvalue weighted by atomic mass is 10.1. The first-order chi connectivity index (χ1) is 8.79. The fraction of sp³-hybridized carbons (Fsp3) is 0.417. The Kier molecular flexibility index (Phi) is 4.82. The second-order valence-electron chi connectivity index (χ2n) is 4.60. The van der Waals surface area contributed by atoms with E-state index in [1.54, 1.807) is 19.9 Å². The number of nitrogens with one attached hydrogen (secondary N) is 1. The van der Waals surface area contributed by atoms with Gasteiger partial charge < -0.3 is 15.2 Å². The monoisotopic (exact) mass is 268 g/mol. The summed E-state index contributed by atoms with van der Waals surface area (Å²) in [5, 5.41) is 22.6. The molecule has 1 amide bonds. The predicted octanol–water partition coefficient (Wildman–Crippen LogP) is 0.861. The highest BCUT2D eigenvalue weighted by atomic mass is 16.6. The third kappa shape index (κ3) is 5.35. The zero-order valence-electron chi connectivity index (χ0n) is 10.8. The van der Waals surface area contributed by atoms with Crippen molar-refractivity contribution in [3.05, 3.63) is 34.4 Å². The van der Waals surface area contributed by atoms with Gasteiger partial charge in [0.05, 0.1) is 10.5 Å². The Balaban J connectivity index is 2.53. The average molecular weight is 268 g/mol. The van der Waals surface area contributed by atoms with Crippen LogP contribution in [0.5, 0.6) is 5.75 Å². The van der Waals surface area contributed by atoms with Gasteiger partial charge in [-0.05, 0) is 19.9 Å². The Hall–Kier alpha value is -2.15. The number of hydrogen-bond acceptors (Lipinski definition) is 5. The summed E-state index contributed by atoms with van der Waals surface area (Å²) >= 11 is 0. The molecule has 0 aliphatic rings. The van der Waals surface area contributed by atoms with E-state index in [4.69, 9.17) is 4.74 Å². The largest absolute Gasteiger partial charge is 0.477 e. The molecule has 1 rings (SSSR count). The van der Waals surface area contributed by atoms with Crippen LogP contribution < -0.4 is 10.1 Å². The number of hydrogen-bond donors (Lipinski definition) is 2. The van der Waals surface area contributed by atoms with E-state index in [0.29, 0.717) is 0 Å². The fourth-order valence-electron chi connectivity index (χ4n) is 1.24. The minimum atomic E-state index is -1.02. The molecule has 0 saturated carbocycles. The lowest BCUT2D eigenvalue weighted by molar-refractivity contribution is -0.385. The van der Waals surface area contributed by atoms with Gasteiger partial charge in [0.15, 0.2) is 12.4 Å². The number of carbonyl (C=O) groups is 1. The number of benzene rings is 1. The molecule has 0 unspecified atom stereocenters. The van der Waals surface area contributed by atoms with E-state index in [1.165, 1.54) is 18.2 Å². The number of amides is 1. The van der Waals surface area contributed by atoms with Gasteiger partial charge >= 0.3 is 5.69 Å². The molecule has 104 valence electrons. The molecule has 19 heavy (non-hydrogen) atoms. The van der Waals surface area contributed by atoms with Gasteiger partial charge in [0, 0.05) is 12.6 Å². The van der Waals surface area contributed by atoms with E-state index in [9.17, 15) is 20.0 Å². The topological polar surface area (TPSA) is 102 Å². The molecule has 0 saturated heterocycles. The highest BCUT2D eigenvalue weighted by molar-refractivity contribution is 5.77. The number of para-hydroxylation sites is 2. The zero-order chi connectivity index (χ0) is 14.5.